The second kappa shape index (κ2) is 5.10. The number of halogens is 1. The fourth-order valence-corrected chi connectivity index (χ4v) is 1.76. The quantitative estimate of drug-likeness (QED) is 0.782. The standard InChI is InChI=1S/C12H12ClN3O/c1-2-16-8-9(7-15-16)6-11(17)12-10(13)4-3-5-14-12/h3-5,7-8H,2,6H2,1H3. The van der Waals surface area contributed by atoms with Gasteiger partial charge in [0.2, 0.25) is 0 Å². The summed E-state index contributed by atoms with van der Waals surface area (Å²) in [5, 5.41) is 4.50. The Morgan fingerprint density at radius 2 is 2.35 bits per heavy atom. The van der Waals surface area contributed by atoms with Gasteiger partial charge in [-0.3, -0.25) is 14.5 Å². The monoisotopic (exact) mass is 249 g/mol. The molecule has 0 aliphatic rings. The minimum Gasteiger partial charge on any atom is -0.292 e. The zero-order chi connectivity index (χ0) is 12.3. The number of carbonyl (C=O) groups is 1. The van der Waals surface area contributed by atoms with E-state index in [1.165, 1.54) is 0 Å². The molecule has 0 amide bonds. The third-order valence-corrected chi connectivity index (χ3v) is 2.70. The highest BCUT2D eigenvalue weighted by Gasteiger charge is 2.13. The minimum atomic E-state index is -0.0914. The molecule has 17 heavy (non-hydrogen) atoms. The van der Waals surface area contributed by atoms with E-state index < -0.39 is 0 Å². The van der Waals surface area contributed by atoms with Crippen LogP contribution in [0, 0.1) is 0 Å². The number of carbonyl (C=O) groups excluding carboxylic acids is 1. The van der Waals surface area contributed by atoms with Crippen LogP contribution in [0.4, 0.5) is 0 Å². The van der Waals surface area contributed by atoms with E-state index in [0.717, 1.165) is 12.1 Å². The topological polar surface area (TPSA) is 47.8 Å². The molecule has 0 aromatic carbocycles. The molecule has 0 aliphatic carbocycles. The van der Waals surface area contributed by atoms with Gasteiger partial charge in [0.1, 0.15) is 5.69 Å². The van der Waals surface area contributed by atoms with Crippen molar-refractivity contribution in [3.05, 3.63) is 47.0 Å². The molecule has 2 heterocycles. The normalized spacial score (nSPS) is 10.5. The van der Waals surface area contributed by atoms with E-state index in [0.29, 0.717) is 10.7 Å². The lowest BCUT2D eigenvalue weighted by molar-refractivity contribution is 0.0988. The van der Waals surface area contributed by atoms with E-state index in [-0.39, 0.29) is 12.2 Å². The summed E-state index contributed by atoms with van der Waals surface area (Å²) >= 11 is 5.91. The molecule has 88 valence electrons. The molecule has 0 fully saturated rings. The van der Waals surface area contributed by atoms with E-state index in [1.54, 1.807) is 29.2 Å². The summed E-state index contributed by atoms with van der Waals surface area (Å²) in [5.41, 5.74) is 1.19. The lowest BCUT2D eigenvalue weighted by atomic mass is 10.1. The molecule has 0 saturated heterocycles. The molecule has 0 radical (unpaired) electrons. The zero-order valence-corrected chi connectivity index (χ0v) is 10.2. The Balaban J connectivity index is 2.14. The molecule has 0 N–H and O–H groups in total. The second-order valence-corrected chi connectivity index (χ2v) is 4.05. The van der Waals surface area contributed by atoms with Crippen LogP contribution < -0.4 is 0 Å². The van der Waals surface area contributed by atoms with Crippen LogP contribution in [-0.4, -0.2) is 20.5 Å². The summed E-state index contributed by atoms with van der Waals surface area (Å²) in [7, 11) is 0. The predicted molar refractivity (Wildman–Crippen MR) is 65.2 cm³/mol. The van der Waals surface area contributed by atoms with Crippen molar-refractivity contribution in [2.45, 2.75) is 19.9 Å². The average Bonchev–Trinajstić information content (AvgIpc) is 2.77. The molecule has 2 aromatic heterocycles. The number of hydrogen-bond donors (Lipinski definition) is 0. The van der Waals surface area contributed by atoms with Gasteiger partial charge in [0.05, 0.1) is 11.2 Å². The first kappa shape index (κ1) is 11.8. The fourth-order valence-electron chi connectivity index (χ4n) is 1.53. The van der Waals surface area contributed by atoms with Crippen molar-refractivity contribution < 1.29 is 4.79 Å². The number of aromatic nitrogens is 3. The lowest BCUT2D eigenvalue weighted by Gasteiger charge is -2.00. The maximum Gasteiger partial charge on any atom is 0.187 e. The van der Waals surface area contributed by atoms with E-state index in [4.69, 9.17) is 11.6 Å². The molecule has 0 aliphatic heterocycles. The second-order valence-electron chi connectivity index (χ2n) is 3.64. The van der Waals surface area contributed by atoms with Gasteiger partial charge in [-0.2, -0.15) is 5.10 Å². The summed E-state index contributed by atoms with van der Waals surface area (Å²) in [5.74, 6) is -0.0914. The first-order valence-electron chi connectivity index (χ1n) is 5.35. The smallest absolute Gasteiger partial charge is 0.187 e. The molecule has 2 rings (SSSR count). The SMILES string of the molecule is CCn1cc(CC(=O)c2ncccc2Cl)cn1. The summed E-state index contributed by atoms with van der Waals surface area (Å²) in [6.45, 7) is 2.78. The first-order chi connectivity index (χ1) is 8.20. The maximum atomic E-state index is 11.9. The van der Waals surface area contributed by atoms with Gasteiger partial charge in [-0.25, -0.2) is 0 Å². The zero-order valence-electron chi connectivity index (χ0n) is 9.43. The van der Waals surface area contributed by atoms with Crippen molar-refractivity contribution in [2.75, 3.05) is 0 Å². The van der Waals surface area contributed by atoms with E-state index in [2.05, 4.69) is 10.1 Å². The Labute approximate surface area is 104 Å². The van der Waals surface area contributed by atoms with Crippen molar-refractivity contribution in [3.63, 3.8) is 0 Å². The van der Waals surface area contributed by atoms with E-state index in [1.807, 2.05) is 13.1 Å². The average molecular weight is 250 g/mol. The molecule has 0 spiro atoms. The summed E-state index contributed by atoms with van der Waals surface area (Å²) in [6, 6.07) is 3.37. The molecule has 4 nitrogen and oxygen atoms in total. The highest BCUT2D eigenvalue weighted by molar-refractivity contribution is 6.33. The molecule has 0 atom stereocenters. The van der Waals surface area contributed by atoms with Gasteiger partial charge in [0, 0.05) is 25.4 Å². The Bertz CT molecular complexity index is 536. The number of pyridine rings is 1. The third kappa shape index (κ3) is 2.71. The van der Waals surface area contributed by atoms with Gasteiger partial charge < -0.3 is 0 Å². The Morgan fingerprint density at radius 3 is 3.00 bits per heavy atom. The first-order valence-corrected chi connectivity index (χ1v) is 5.73. The largest absolute Gasteiger partial charge is 0.292 e. The number of aryl methyl sites for hydroxylation is 1. The Kier molecular flexibility index (Phi) is 3.54. The van der Waals surface area contributed by atoms with Gasteiger partial charge in [0.15, 0.2) is 5.78 Å². The third-order valence-electron chi connectivity index (χ3n) is 2.40. The summed E-state index contributed by atoms with van der Waals surface area (Å²) < 4.78 is 1.78. The molecular formula is C12H12ClN3O. The maximum absolute atomic E-state index is 11.9. The van der Waals surface area contributed by atoms with E-state index >= 15 is 0 Å². The summed E-state index contributed by atoms with van der Waals surface area (Å²) in [6.07, 6.45) is 5.39. The predicted octanol–water partition coefficient (Wildman–Crippen LogP) is 2.38. The van der Waals surface area contributed by atoms with Crippen LogP contribution in [0.15, 0.2) is 30.7 Å². The van der Waals surface area contributed by atoms with Crippen LogP contribution in [0.1, 0.15) is 23.0 Å². The van der Waals surface area contributed by atoms with Crippen LogP contribution in [0.25, 0.3) is 0 Å². The van der Waals surface area contributed by atoms with Crippen molar-refractivity contribution in [1.82, 2.24) is 14.8 Å². The molecular weight excluding hydrogens is 238 g/mol. The van der Waals surface area contributed by atoms with Crippen molar-refractivity contribution in [1.29, 1.82) is 0 Å². The number of ketones is 1. The van der Waals surface area contributed by atoms with Crippen molar-refractivity contribution in [2.24, 2.45) is 0 Å². The van der Waals surface area contributed by atoms with Crippen molar-refractivity contribution >= 4 is 17.4 Å². The highest BCUT2D eigenvalue weighted by Crippen LogP contribution is 2.14. The van der Waals surface area contributed by atoms with Gasteiger partial charge in [0.25, 0.3) is 0 Å². The number of nitrogens with zero attached hydrogens (tertiary/aromatic N) is 3. The Morgan fingerprint density at radius 1 is 1.53 bits per heavy atom. The summed E-state index contributed by atoms with van der Waals surface area (Å²) in [4.78, 5) is 15.9. The molecule has 2 aromatic rings. The van der Waals surface area contributed by atoms with Crippen molar-refractivity contribution in [3.8, 4) is 0 Å². The van der Waals surface area contributed by atoms with Crippen LogP contribution in [0.2, 0.25) is 5.02 Å². The van der Waals surface area contributed by atoms with Crippen LogP contribution in [0.5, 0.6) is 0 Å². The number of rotatable bonds is 4. The number of hydrogen-bond acceptors (Lipinski definition) is 3. The van der Waals surface area contributed by atoms with Crippen LogP contribution in [-0.2, 0) is 13.0 Å². The van der Waals surface area contributed by atoms with E-state index in [9.17, 15) is 4.79 Å². The van der Waals surface area contributed by atoms with Gasteiger partial charge in [-0.1, -0.05) is 11.6 Å². The van der Waals surface area contributed by atoms with Gasteiger partial charge in [-0.15, -0.1) is 0 Å². The van der Waals surface area contributed by atoms with Gasteiger partial charge >= 0.3 is 0 Å². The number of Topliss-reactive ketones (excluding diaryl/α,β-unsaturated/α-hetero) is 1. The minimum absolute atomic E-state index is 0.0914. The van der Waals surface area contributed by atoms with Crippen LogP contribution in [0.3, 0.4) is 0 Å². The lowest BCUT2D eigenvalue weighted by Crippen LogP contribution is -2.06. The molecule has 5 heteroatoms. The highest BCUT2D eigenvalue weighted by atomic mass is 35.5. The molecule has 0 bridgehead atoms. The van der Waals surface area contributed by atoms with Gasteiger partial charge in [-0.05, 0) is 24.6 Å². The van der Waals surface area contributed by atoms with Crippen LogP contribution >= 0.6 is 11.6 Å². The molecule has 0 unspecified atom stereocenters. The molecule has 0 saturated carbocycles. The Hall–Kier alpha value is -1.68. The fraction of sp³-hybridized carbons (Fsp3) is 0.250.